The number of hydrogen-bond donors (Lipinski definition) is 5. The maximum absolute atomic E-state index is 8.88. The third-order valence-corrected chi connectivity index (χ3v) is 0.614. The lowest BCUT2D eigenvalue weighted by Gasteiger charge is -1.94. The number of rotatable bonds is 0. The Hall–Kier alpha value is -1.34. The number of carbonyl (C=O) groups is 1. The Morgan fingerprint density at radius 2 is 1.73 bits per heavy atom. The van der Waals surface area contributed by atoms with Crippen molar-refractivity contribution in [2.45, 2.75) is 0 Å². The van der Waals surface area contributed by atoms with Crippen molar-refractivity contribution < 1.29 is 33.9 Å². The van der Waals surface area contributed by atoms with Crippen LogP contribution in [0.5, 0.6) is 0 Å². The summed E-state index contributed by atoms with van der Waals surface area (Å²) < 4.78 is 13.7. The van der Waals surface area contributed by atoms with Crippen LogP contribution in [0, 0.1) is 0 Å². The molecule has 0 aliphatic carbocycles. The van der Waals surface area contributed by atoms with Crippen molar-refractivity contribution in [2.24, 2.45) is 5.73 Å². The van der Waals surface area contributed by atoms with Gasteiger partial charge in [-0.05, 0) is 12.2 Å². The highest BCUT2D eigenvalue weighted by Gasteiger charge is 2.00. The van der Waals surface area contributed by atoms with Gasteiger partial charge < -0.3 is 30.3 Å². The van der Waals surface area contributed by atoms with Gasteiger partial charge in [-0.15, -0.1) is 0 Å². The first kappa shape index (κ1) is 16.1. The molecule has 88 valence electrons. The van der Waals surface area contributed by atoms with Gasteiger partial charge in [0.1, 0.15) is 6.61 Å². The molecule has 6 N–H and O–H groups in total. The fraction of sp³-hybridized carbons (Fsp3) is 0.167. The van der Waals surface area contributed by atoms with Gasteiger partial charge in [0.05, 0.1) is 6.26 Å². The number of amides is 1. The van der Waals surface area contributed by atoms with Crippen LogP contribution in [-0.2, 0) is 9.30 Å². The van der Waals surface area contributed by atoms with Gasteiger partial charge in [-0.25, -0.2) is 9.36 Å². The average Bonchev–Trinajstić information content (AvgIpc) is 2.03. The maximum Gasteiger partial charge on any atom is 0.466 e. The molecule has 8 nitrogen and oxygen atoms in total. The van der Waals surface area contributed by atoms with Crippen molar-refractivity contribution in [2.75, 3.05) is 6.61 Å². The molecular weight excluding hydrogens is 229 g/mol. The molecular formula is C6H12NO7P. The van der Waals surface area contributed by atoms with Crippen LogP contribution < -0.4 is 5.73 Å². The second-order valence-electron chi connectivity index (χ2n) is 1.94. The number of phosphoric acid groups is 1. The predicted octanol–water partition coefficient (Wildman–Crippen LogP) is -0.219. The molecule has 1 rings (SSSR count). The molecule has 0 unspecified atom stereocenters. The van der Waals surface area contributed by atoms with Crippen LogP contribution in [-0.4, -0.2) is 32.5 Å². The molecule has 1 aliphatic heterocycles. The minimum Gasteiger partial charge on any atom is -0.497 e. The summed E-state index contributed by atoms with van der Waals surface area (Å²) in [5.41, 5.74) is 4.03. The Morgan fingerprint density at radius 1 is 1.33 bits per heavy atom. The lowest BCUT2D eigenvalue weighted by atomic mass is 10.5. The first-order chi connectivity index (χ1) is 6.73. The van der Waals surface area contributed by atoms with Crippen LogP contribution >= 0.6 is 7.82 Å². The largest absolute Gasteiger partial charge is 0.497 e. The molecule has 0 spiro atoms. The van der Waals surface area contributed by atoms with Crippen molar-refractivity contribution >= 4 is 13.9 Å². The van der Waals surface area contributed by atoms with Crippen molar-refractivity contribution in [3.05, 3.63) is 24.5 Å². The molecule has 0 aromatic heterocycles. The van der Waals surface area contributed by atoms with E-state index in [1.807, 2.05) is 18.2 Å². The van der Waals surface area contributed by atoms with E-state index in [-0.39, 0.29) is 0 Å². The number of allylic oxidation sites excluding steroid dienone is 2. The van der Waals surface area contributed by atoms with Gasteiger partial charge in [0.25, 0.3) is 0 Å². The summed E-state index contributed by atoms with van der Waals surface area (Å²) >= 11 is 0. The number of hydrogen-bond acceptors (Lipinski definition) is 3. The van der Waals surface area contributed by atoms with E-state index < -0.39 is 13.9 Å². The van der Waals surface area contributed by atoms with E-state index >= 15 is 0 Å². The molecule has 0 radical (unpaired) electrons. The van der Waals surface area contributed by atoms with E-state index in [9.17, 15) is 0 Å². The summed E-state index contributed by atoms with van der Waals surface area (Å²) in [4.78, 5) is 30.3. The third-order valence-electron chi connectivity index (χ3n) is 0.614. The van der Waals surface area contributed by atoms with E-state index in [2.05, 4.69) is 5.73 Å². The number of primary amides is 1. The zero-order valence-corrected chi connectivity index (χ0v) is 8.45. The fourth-order valence-electron chi connectivity index (χ4n) is 0.346. The first-order valence-corrected chi connectivity index (χ1v) is 5.00. The van der Waals surface area contributed by atoms with E-state index in [0.29, 0.717) is 0 Å². The molecule has 0 bridgehead atoms. The van der Waals surface area contributed by atoms with Gasteiger partial charge >= 0.3 is 13.9 Å². The van der Waals surface area contributed by atoms with E-state index in [0.717, 1.165) is 6.61 Å². The van der Waals surface area contributed by atoms with Crippen LogP contribution in [0.2, 0.25) is 0 Å². The molecule has 15 heavy (non-hydrogen) atoms. The van der Waals surface area contributed by atoms with Crippen LogP contribution in [0.25, 0.3) is 0 Å². The van der Waals surface area contributed by atoms with Gasteiger partial charge in [0.15, 0.2) is 0 Å². The summed E-state index contributed by atoms with van der Waals surface area (Å²) in [5, 5.41) is 7.19. The minimum atomic E-state index is -4.64. The predicted molar refractivity (Wildman–Crippen MR) is 50.7 cm³/mol. The summed E-state index contributed by atoms with van der Waals surface area (Å²) in [6, 6.07) is 0. The van der Waals surface area contributed by atoms with Crippen molar-refractivity contribution in [3.63, 3.8) is 0 Å². The fourth-order valence-corrected chi connectivity index (χ4v) is 0.346. The molecule has 0 aromatic carbocycles. The SMILES string of the molecule is C1=CCOC=C1.NC(=O)O.O=P(O)(O)O. The Morgan fingerprint density at radius 3 is 1.80 bits per heavy atom. The Bertz CT molecular complexity index is 244. The molecule has 0 fully saturated rings. The smallest absolute Gasteiger partial charge is 0.466 e. The Balaban J connectivity index is 0. The molecule has 1 heterocycles. The molecule has 1 aliphatic rings. The van der Waals surface area contributed by atoms with Crippen LogP contribution in [0.4, 0.5) is 4.79 Å². The third kappa shape index (κ3) is 66.2. The molecule has 0 aromatic rings. The first-order valence-electron chi connectivity index (χ1n) is 3.43. The Labute approximate surface area is 85.5 Å². The van der Waals surface area contributed by atoms with Crippen molar-refractivity contribution in [1.29, 1.82) is 0 Å². The molecule has 0 saturated carbocycles. The van der Waals surface area contributed by atoms with Crippen LogP contribution in [0.15, 0.2) is 24.5 Å². The topological polar surface area (TPSA) is 150 Å². The summed E-state index contributed by atoms with van der Waals surface area (Å²) in [7, 11) is -4.64. The van der Waals surface area contributed by atoms with Gasteiger partial charge in [-0.2, -0.15) is 0 Å². The van der Waals surface area contributed by atoms with Gasteiger partial charge in [-0.1, -0.05) is 6.08 Å². The van der Waals surface area contributed by atoms with Gasteiger partial charge in [0, 0.05) is 0 Å². The van der Waals surface area contributed by atoms with E-state index in [1.54, 1.807) is 6.26 Å². The molecule has 0 atom stereocenters. The monoisotopic (exact) mass is 241 g/mol. The highest BCUT2D eigenvalue weighted by Crippen LogP contribution is 2.25. The zero-order valence-electron chi connectivity index (χ0n) is 7.55. The normalized spacial score (nSPS) is 12.5. The maximum atomic E-state index is 8.88. The van der Waals surface area contributed by atoms with Crippen molar-refractivity contribution in [3.8, 4) is 0 Å². The molecule has 0 saturated heterocycles. The summed E-state index contributed by atoms with van der Waals surface area (Å²) in [6.07, 6.45) is 6.13. The number of carboxylic acid groups (broad SMARTS) is 1. The highest BCUT2D eigenvalue weighted by molar-refractivity contribution is 7.45. The standard InChI is InChI=1S/C5H6O.CH3NO2.H3O4P/c1-2-4-6-5-3-1;2-1(3)4;1-5(2,3)4/h1-4H,5H2;2H2,(H,3,4);(H3,1,2,3,4). The minimum absolute atomic E-state index is 0.733. The van der Waals surface area contributed by atoms with Gasteiger partial charge in [-0.3, -0.25) is 0 Å². The Kier molecular flexibility index (Phi) is 9.90. The van der Waals surface area contributed by atoms with E-state index in [1.165, 1.54) is 0 Å². The van der Waals surface area contributed by atoms with Crippen LogP contribution in [0.1, 0.15) is 0 Å². The quantitative estimate of drug-likeness (QED) is 0.368. The number of nitrogens with two attached hydrogens (primary N) is 1. The lowest BCUT2D eigenvalue weighted by molar-refractivity contribution is 0.205. The highest BCUT2D eigenvalue weighted by atomic mass is 31.2. The van der Waals surface area contributed by atoms with Gasteiger partial charge in [0.2, 0.25) is 0 Å². The second kappa shape index (κ2) is 9.22. The van der Waals surface area contributed by atoms with Crippen LogP contribution in [0.3, 0.4) is 0 Å². The average molecular weight is 241 g/mol. The zero-order chi connectivity index (χ0) is 12.3. The number of ether oxygens (including phenoxy) is 1. The summed E-state index contributed by atoms with van der Waals surface area (Å²) in [5.74, 6) is 0. The molecule has 1 amide bonds. The second-order valence-corrected chi connectivity index (χ2v) is 2.97. The summed E-state index contributed by atoms with van der Waals surface area (Å²) in [6.45, 7) is 0.733. The van der Waals surface area contributed by atoms with Crippen molar-refractivity contribution in [1.82, 2.24) is 0 Å². The van der Waals surface area contributed by atoms with E-state index in [4.69, 9.17) is 33.9 Å². The molecule has 9 heteroatoms. The lowest BCUT2D eigenvalue weighted by Crippen LogP contribution is -2.03.